The molecule has 3 nitrogen and oxygen atoms in total. The zero-order chi connectivity index (χ0) is 10.1. The van der Waals surface area contributed by atoms with Crippen LogP contribution in [0.4, 0.5) is 5.69 Å². The van der Waals surface area contributed by atoms with Crippen LogP contribution in [0.25, 0.3) is 0 Å². The highest BCUT2D eigenvalue weighted by atomic mass is 35.5. The Bertz CT molecular complexity index is 387. The van der Waals surface area contributed by atoms with Crippen LogP contribution >= 0.6 is 11.6 Å². The second-order valence-corrected chi connectivity index (χ2v) is 3.76. The first-order chi connectivity index (χ1) is 6.68. The van der Waals surface area contributed by atoms with Gasteiger partial charge in [0.1, 0.15) is 0 Å². The lowest BCUT2D eigenvalue weighted by Gasteiger charge is -2.19. The average molecular weight is 210 g/mol. The number of rotatable bonds is 1. The molecule has 1 heterocycles. The van der Waals surface area contributed by atoms with Crippen molar-refractivity contribution in [1.82, 2.24) is 0 Å². The van der Waals surface area contributed by atoms with Gasteiger partial charge in [0.25, 0.3) is 0 Å². The number of aliphatic imine (C=N–C) groups is 1. The fourth-order valence-corrected chi connectivity index (χ4v) is 1.75. The minimum atomic E-state index is 0.579. The molecule has 74 valence electrons. The van der Waals surface area contributed by atoms with E-state index in [2.05, 4.69) is 4.99 Å². The van der Waals surface area contributed by atoms with E-state index in [4.69, 9.17) is 17.3 Å². The van der Waals surface area contributed by atoms with Crippen LogP contribution in [-0.4, -0.2) is 19.0 Å². The Kier molecular flexibility index (Phi) is 2.33. The van der Waals surface area contributed by atoms with Crippen molar-refractivity contribution in [3.05, 3.63) is 28.8 Å². The van der Waals surface area contributed by atoms with Crippen molar-refractivity contribution in [2.24, 2.45) is 10.7 Å². The molecule has 0 saturated carbocycles. The molecule has 14 heavy (non-hydrogen) atoms. The third-order valence-electron chi connectivity index (χ3n) is 2.34. The highest BCUT2D eigenvalue weighted by molar-refractivity contribution is 6.31. The molecule has 0 radical (unpaired) electrons. The normalized spacial score (nSPS) is 15.9. The number of hydrogen-bond donors (Lipinski definition) is 1. The monoisotopic (exact) mass is 209 g/mol. The van der Waals surface area contributed by atoms with E-state index in [0.29, 0.717) is 5.96 Å². The quantitative estimate of drug-likeness (QED) is 0.766. The molecule has 2 N–H and O–H groups in total. The largest absolute Gasteiger partial charge is 0.370 e. The van der Waals surface area contributed by atoms with Crippen LogP contribution in [0, 0.1) is 6.92 Å². The summed E-state index contributed by atoms with van der Waals surface area (Å²) in [6, 6.07) is 5.79. The minimum Gasteiger partial charge on any atom is -0.370 e. The van der Waals surface area contributed by atoms with Gasteiger partial charge in [-0.25, -0.2) is 0 Å². The summed E-state index contributed by atoms with van der Waals surface area (Å²) in [5.41, 5.74) is 7.98. The van der Waals surface area contributed by atoms with Crippen molar-refractivity contribution >= 4 is 23.2 Å². The molecule has 0 unspecified atom stereocenters. The number of hydrogen-bond acceptors (Lipinski definition) is 3. The lowest BCUT2D eigenvalue weighted by molar-refractivity contribution is 1.02. The molecule has 1 aliphatic rings. The van der Waals surface area contributed by atoms with Gasteiger partial charge in [-0.15, -0.1) is 0 Å². The Morgan fingerprint density at radius 1 is 1.50 bits per heavy atom. The lowest BCUT2D eigenvalue weighted by Crippen LogP contribution is -2.34. The number of benzene rings is 1. The number of halogens is 1. The van der Waals surface area contributed by atoms with Gasteiger partial charge in [0, 0.05) is 17.3 Å². The van der Waals surface area contributed by atoms with Gasteiger partial charge < -0.3 is 10.6 Å². The summed E-state index contributed by atoms with van der Waals surface area (Å²) in [5.74, 6) is 0.579. The Labute approximate surface area is 88.2 Å². The zero-order valence-corrected chi connectivity index (χ0v) is 8.75. The second-order valence-electron chi connectivity index (χ2n) is 3.32. The summed E-state index contributed by atoms with van der Waals surface area (Å²) < 4.78 is 0. The van der Waals surface area contributed by atoms with Crippen LogP contribution in [0.15, 0.2) is 23.2 Å². The van der Waals surface area contributed by atoms with Crippen LogP contribution in [0.5, 0.6) is 0 Å². The third-order valence-corrected chi connectivity index (χ3v) is 2.57. The summed E-state index contributed by atoms with van der Waals surface area (Å²) in [6.45, 7) is 3.64. The predicted octanol–water partition coefficient (Wildman–Crippen LogP) is 1.78. The van der Waals surface area contributed by atoms with Crippen molar-refractivity contribution in [3.8, 4) is 0 Å². The maximum absolute atomic E-state index is 5.94. The summed E-state index contributed by atoms with van der Waals surface area (Å²) in [5, 5.41) is 0.727. The number of nitrogens with zero attached hydrogens (tertiary/aromatic N) is 2. The van der Waals surface area contributed by atoms with Crippen molar-refractivity contribution in [2.75, 3.05) is 18.0 Å². The van der Waals surface area contributed by atoms with Crippen LogP contribution in [-0.2, 0) is 0 Å². The van der Waals surface area contributed by atoms with Gasteiger partial charge in [-0.05, 0) is 24.6 Å². The molecule has 1 aromatic rings. The van der Waals surface area contributed by atoms with Gasteiger partial charge >= 0.3 is 0 Å². The van der Waals surface area contributed by atoms with Gasteiger partial charge in [-0.2, -0.15) is 0 Å². The summed E-state index contributed by atoms with van der Waals surface area (Å²) in [7, 11) is 0. The molecule has 1 aromatic carbocycles. The Hall–Kier alpha value is -1.22. The van der Waals surface area contributed by atoms with E-state index in [9.17, 15) is 0 Å². The van der Waals surface area contributed by atoms with Crippen molar-refractivity contribution < 1.29 is 0 Å². The summed E-state index contributed by atoms with van der Waals surface area (Å²) >= 11 is 5.94. The van der Waals surface area contributed by atoms with Crippen molar-refractivity contribution in [3.63, 3.8) is 0 Å². The van der Waals surface area contributed by atoms with E-state index >= 15 is 0 Å². The predicted molar refractivity (Wildman–Crippen MR) is 60.0 cm³/mol. The van der Waals surface area contributed by atoms with Crippen LogP contribution in [0.2, 0.25) is 5.02 Å². The first kappa shape index (κ1) is 9.34. The first-order valence-electron chi connectivity index (χ1n) is 4.52. The van der Waals surface area contributed by atoms with Gasteiger partial charge in [0.2, 0.25) is 0 Å². The molecule has 0 saturated heterocycles. The fourth-order valence-electron chi connectivity index (χ4n) is 1.58. The van der Waals surface area contributed by atoms with E-state index < -0.39 is 0 Å². The van der Waals surface area contributed by atoms with Crippen LogP contribution in [0.3, 0.4) is 0 Å². The third kappa shape index (κ3) is 1.55. The van der Waals surface area contributed by atoms with Gasteiger partial charge in [0.05, 0.1) is 6.54 Å². The van der Waals surface area contributed by atoms with Crippen LogP contribution in [0.1, 0.15) is 5.56 Å². The van der Waals surface area contributed by atoms with Crippen LogP contribution < -0.4 is 10.6 Å². The SMILES string of the molecule is Cc1ccc(Cl)cc1N1CCN=C1N. The smallest absolute Gasteiger partial charge is 0.195 e. The molecule has 0 atom stereocenters. The van der Waals surface area contributed by atoms with Gasteiger partial charge in [-0.3, -0.25) is 4.99 Å². The lowest BCUT2D eigenvalue weighted by atomic mass is 10.2. The molecule has 0 fully saturated rings. The molecular formula is C10H12ClN3. The molecule has 1 aliphatic heterocycles. The molecule has 4 heteroatoms. The highest BCUT2D eigenvalue weighted by Crippen LogP contribution is 2.25. The molecule has 0 bridgehead atoms. The molecule has 0 aromatic heterocycles. The highest BCUT2D eigenvalue weighted by Gasteiger charge is 2.17. The Morgan fingerprint density at radius 2 is 2.29 bits per heavy atom. The van der Waals surface area contributed by atoms with Gasteiger partial charge in [-0.1, -0.05) is 17.7 Å². The zero-order valence-electron chi connectivity index (χ0n) is 8.00. The second kappa shape index (κ2) is 3.50. The Morgan fingerprint density at radius 3 is 2.93 bits per heavy atom. The standard InChI is InChI=1S/C10H12ClN3/c1-7-2-3-8(11)6-9(7)14-5-4-13-10(14)12/h2-3,6H,4-5H2,1H3,(H2,12,13). The summed E-state index contributed by atoms with van der Waals surface area (Å²) in [6.07, 6.45) is 0. The molecule has 2 rings (SSSR count). The van der Waals surface area contributed by atoms with E-state index in [0.717, 1.165) is 29.4 Å². The number of anilines is 1. The Balaban J connectivity index is 2.40. The van der Waals surface area contributed by atoms with Gasteiger partial charge in [0.15, 0.2) is 5.96 Å². The number of aryl methyl sites for hydroxylation is 1. The van der Waals surface area contributed by atoms with E-state index in [1.165, 1.54) is 0 Å². The van der Waals surface area contributed by atoms with E-state index in [1.54, 1.807) is 0 Å². The summed E-state index contributed by atoms with van der Waals surface area (Å²) in [4.78, 5) is 6.13. The topological polar surface area (TPSA) is 41.6 Å². The van der Waals surface area contributed by atoms with E-state index in [-0.39, 0.29) is 0 Å². The molecule has 0 amide bonds. The first-order valence-corrected chi connectivity index (χ1v) is 4.90. The number of nitrogens with two attached hydrogens (primary N) is 1. The molecule has 0 aliphatic carbocycles. The fraction of sp³-hybridized carbons (Fsp3) is 0.300. The minimum absolute atomic E-state index is 0.579. The van der Waals surface area contributed by atoms with E-state index in [1.807, 2.05) is 30.0 Å². The maximum Gasteiger partial charge on any atom is 0.195 e. The molecule has 0 spiro atoms. The van der Waals surface area contributed by atoms with Crippen molar-refractivity contribution in [1.29, 1.82) is 0 Å². The van der Waals surface area contributed by atoms with Crippen molar-refractivity contribution in [2.45, 2.75) is 6.92 Å². The maximum atomic E-state index is 5.94. The average Bonchev–Trinajstić information content (AvgIpc) is 2.56. The molecular weight excluding hydrogens is 198 g/mol. The number of guanidine groups is 1.